The summed E-state index contributed by atoms with van der Waals surface area (Å²) in [5.41, 5.74) is 0. The van der Waals surface area contributed by atoms with Gasteiger partial charge in [-0.3, -0.25) is 4.90 Å². The molecule has 1 saturated carbocycles. The van der Waals surface area contributed by atoms with Crippen LogP contribution in [0.15, 0.2) is 0 Å². The third-order valence-electron chi connectivity index (χ3n) is 3.17. The van der Waals surface area contributed by atoms with E-state index in [1.165, 1.54) is 25.9 Å². The zero-order valence-corrected chi connectivity index (χ0v) is 8.21. The van der Waals surface area contributed by atoms with Crippen molar-refractivity contribution in [2.75, 3.05) is 19.6 Å². The van der Waals surface area contributed by atoms with Crippen LogP contribution in [-0.2, 0) is 0 Å². The molecular weight excluding hydrogens is 148 g/mol. The van der Waals surface area contributed by atoms with Crippen molar-refractivity contribution >= 4 is 0 Å². The molecule has 0 bridgehead atoms. The Morgan fingerprint density at radius 2 is 2.08 bits per heavy atom. The molecule has 1 aliphatic heterocycles. The molecular formula is C10H20N2. The maximum atomic E-state index is 3.57. The topological polar surface area (TPSA) is 15.3 Å². The fraction of sp³-hybridized carbons (Fsp3) is 1.00. The minimum Gasteiger partial charge on any atom is -0.313 e. The van der Waals surface area contributed by atoms with Gasteiger partial charge in [-0.15, -0.1) is 0 Å². The fourth-order valence-electron chi connectivity index (χ4n) is 2.27. The highest BCUT2D eigenvalue weighted by atomic mass is 15.2. The average molecular weight is 168 g/mol. The zero-order valence-electron chi connectivity index (χ0n) is 8.21. The van der Waals surface area contributed by atoms with Crippen molar-refractivity contribution in [3.05, 3.63) is 0 Å². The number of hydrogen-bond donors (Lipinski definition) is 1. The van der Waals surface area contributed by atoms with Crippen LogP contribution in [0.4, 0.5) is 0 Å². The third kappa shape index (κ3) is 1.64. The molecule has 2 rings (SSSR count). The van der Waals surface area contributed by atoms with E-state index in [0.29, 0.717) is 0 Å². The molecule has 0 spiro atoms. The van der Waals surface area contributed by atoms with E-state index in [0.717, 1.165) is 24.5 Å². The minimum atomic E-state index is 0.760. The fourth-order valence-corrected chi connectivity index (χ4v) is 2.27. The van der Waals surface area contributed by atoms with Crippen LogP contribution < -0.4 is 5.32 Å². The van der Waals surface area contributed by atoms with E-state index in [1.54, 1.807) is 0 Å². The van der Waals surface area contributed by atoms with Crippen molar-refractivity contribution < 1.29 is 0 Å². The number of likely N-dealkylation sites (N-methyl/N-ethyl adjacent to an activating group) is 1. The van der Waals surface area contributed by atoms with Crippen LogP contribution in [0, 0.1) is 5.92 Å². The third-order valence-corrected chi connectivity index (χ3v) is 3.17. The molecule has 2 atom stereocenters. The number of likely N-dealkylation sites (tertiary alicyclic amines) is 1. The van der Waals surface area contributed by atoms with Crippen molar-refractivity contribution in [3.63, 3.8) is 0 Å². The molecule has 2 heteroatoms. The Balaban J connectivity index is 1.83. The van der Waals surface area contributed by atoms with E-state index in [9.17, 15) is 0 Å². The van der Waals surface area contributed by atoms with Gasteiger partial charge in [0.1, 0.15) is 0 Å². The molecule has 0 aromatic heterocycles. The smallest absolute Gasteiger partial charge is 0.0232 e. The van der Waals surface area contributed by atoms with Gasteiger partial charge in [0.2, 0.25) is 0 Å². The van der Waals surface area contributed by atoms with Gasteiger partial charge in [-0.1, -0.05) is 13.8 Å². The van der Waals surface area contributed by atoms with Crippen molar-refractivity contribution in [2.24, 2.45) is 5.92 Å². The molecule has 2 unspecified atom stereocenters. The van der Waals surface area contributed by atoms with Crippen LogP contribution in [0.2, 0.25) is 0 Å². The number of nitrogens with zero attached hydrogens (tertiary/aromatic N) is 1. The molecule has 1 N–H and O–H groups in total. The standard InChI is InChI=1S/C10H20N2/c1-3-11-10-7-12(6-8(10)2)9-4-5-9/h8-11H,3-7H2,1-2H3. The lowest BCUT2D eigenvalue weighted by molar-refractivity contribution is 0.314. The molecule has 2 fully saturated rings. The lowest BCUT2D eigenvalue weighted by Gasteiger charge is -2.15. The van der Waals surface area contributed by atoms with Gasteiger partial charge in [-0.05, 0) is 25.3 Å². The molecule has 0 amide bonds. The lowest BCUT2D eigenvalue weighted by Crippen LogP contribution is -2.35. The maximum Gasteiger partial charge on any atom is 0.0232 e. The summed E-state index contributed by atoms with van der Waals surface area (Å²) in [6.45, 7) is 8.30. The lowest BCUT2D eigenvalue weighted by atomic mass is 10.1. The first-order valence-corrected chi connectivity index (χ1v) is 5.28. The molecule has 2 nitrogen and oxygen atoms in total. The van der Waals surface area contributed by atoms with Gasteiger partial charge < -0.3 is 5.32 Å². The first-order valence-electron chi connectivity index (χ1n) is 5.28. The minimum absolute atomic E-state index is 0.760. The molecule has 12 heavy (non-hydrogen) atoms. The van der Waals surface area contributed by atoms with Crippen LogP contribution in [0.1, 0.15) is 26.7 Å². The highest BCUT2D eigenvalue weighted by Gasteiger charge is 2.37. The normalized spacial score (nSPS) is 37.5. The number of hydrogen-bond acceptors (Lipinski definition) is 2. The summed E-state index contributed by atoms with van der Waals surface area (Å²) < 4.78 is 0. The predicted molar refractivity (Wildman–Crippen MR) is 51.2 cm³/mol. The van der Waals surface area contributed by atoms with Gasteiger partial charge in [0.25, 0.3) is 0 Å². The molecule has 0 aromatic carbocycles. The van der Waals surface area contributed by atoms with Crippen molar-refractivity contribution in [1.82, 2.24) is 10.2 Å². The second-order valence-electron chi connectivity index (χ2n) is 4.33. The Hall–Kier alpha value is -0.0800. The highest BCUT2D eigenvalue weighted by Crippen LogP contribution is 2.31. The van der Waals surface area contributed by atoms with Crippen molar-refractivity contribution in [3.8, 4) is 0 Å². The van der Waals surface area contributed by atoms with E-state index in [1.807, 2.05) is 0 Å². The second kappa shape index (κ2) is 3.35. The molecule has 70 valence electrons. The molecule has 2 aliphatic rings. The predicted octanol–water partition coefficient (Wildman–Crippen LogP) is 1.08. The van der Waals surface area contributed by atoms with Crippen LogP contribution >= 0.6 is 0 Å². The first kappa shape index (κ1) is 8.52. The van der Waals surface area contributed by atoms with Gasteiger partial charge in [0.15, 0.2) is 0 Å². The highest BCUT2D eigenvalue weighted by molar-refractivity contribution is 4.94. The van der Waals surface area contributed by atoms with Gasteiger partial charge in [0, 0.05) is 25.2 Å². The molecule has 0 radical (unpaired) electrons. The first-order chi connectivity index (χ1) is 5.81. The SMILES string of the molecule is CCNC1CN(C2CC2)CC1C. The van der Waals surface area contributed by atoms with E-state index >= 15 is 0 Å². The summed E-state index contributed by atoms with van der Waals surface area (Å²) in [6.07, 6.45) is 2.90. The number of nitrogens with one attached hydrogen (secondary N) is 1. The molecule has 0 aromatic rings. The quantitative estimate of drug-likeness (QED) is 0.678. The van der Waals surface area contributed by atoms with Crippen LogP contribution in [0.3, 0.4) is 0 Å². The van der Waals surface area contributed by atoms with Gasteiger partial charge >= 0.3 is 0 Å². The van der Waals surface area contributed by atoms with E-state index in [-0.39, 0.29) is 0 Å². The summed E-state index contributed by atoms with van der Waals surface area (Å²) in [5.74, 6) is 0.852. The molecule has 1 aliphatic carbocycles. The largest absolute Gasteiger partial charge is 0.313 e. The van der Waals surface area contributed by atoms with Crippen LogP contribution in [0.5, 0.6) is 0 Å². The van der Waals surface area contributed by atoms with Crippen molar-refractivity contribution in [1.29, 1.82) is 0 Å². The van der Waals surface area contributed by atoms with Crippen LogP contribution in [-0.4, -0.2) is 36.6 Å². The Morgan fingerprint density at radius 1 is 1.33 bits per heavy atom. The van der Waals surface area contributed by atoms with Gasteiger partial charge in [-0.25, -0.2) is 0 Å². The monoisotopic (exact) mass is 168 g/mol. The van der Waals surface area contributed by atoms with Gasteiger partial charge in [0.05, 0.1) is 0 Å². The Bertz CT molecular complexity index is 154. The molecule has 1 saturated heterocycles. The second-order valence-corrected chi connectivity index (χ2v) is 4.33. The Morgan fingerprint density at radius 3 is 2.67 bits per heavy atom. The Labute approximate surface area is 75.3 Å². The molecule has 1 heterocycles. The van der Waals surface area contributed by atoms with E-state index < -0.39 is 0 Å². The van der Waals surface area contributed by atoms with Crippen molar-refractivity contribution in [2.45, 2.75) is 38.8 Å². The van der Waals surface area contributed by atoms with Gasteiger partial charge in [-0.2, -0.15) is 0 Å². The Kier molecular flexibility index (Phi) is 2.37. The summed E-state index contributed by atoms with van der Waals surface area (Å²) >= 11 is 0. The van der Waals surface area contributed by atoms with E-state index in [4.69, 9.17) is 0 Å². The van der Waals surface area contributed by atoms with Crippen LogP contribution in [0.25, 0.3) is 0 Å². The number of rotatable bonds is 3. The summed E-state index contributed by atoms with van der Waals surface area (Å²) in [5, 5.41) is 3.57. The average Bonchev–Trinajstić information content (AvgIpc) is 2.80. The summed E-state index contributed by atoms with van der Waals surface area (Å²) in [4.78, 5) is 2.66. The summed E-state index contributed by atoms with van der Waals surface area (Å²) in [6, 6.07) is 1.71. The maximum absolute atomic E-state index is 3.57. The summed E-state index contributed by atoms with van der Waals surface area (Å²) in [7, 11) is 0. The zero-order chi connectivity index (χ0) is 8.55. The van der Waals surface area contributed by atoms with E-state index in [2.05, 4.69) is 24.1 Å².